The van der Waals surface area contributed by atoms with Gasteiger partial charge in [0.1, 0.15) is 6.61 Å². The molecule has 1 atom stereocenters. The van der Waals surface area contributed by atoms with Crippen molar-refractivity contribution < 1.29 is 4.74 Å². The van der Waals surface area contributed by atoms with E-state index in [0.717, 1.165) is 6.61 Å². The van der Waals surface area contributed by atoms with Crippen molar-refractivity contribution in [3.63, 3.8) is 0 Å². The Hall–Kier alpha value is -0.110. The highest BCUT2D eigenvalue weighted by Gasteiger charge is 2.33. The van der Waals surface area contributed by atoms with Gasteiger partial charge in [-0.1, -0.05) is 13.0 Å². The molecule has 1 fully saturated rings. The number of hydrogen-bond acceptors (Lipinski definition) is 2. The number of rotatable bonds is 4. The van der Waals surface area contributed by atoms with Crippen molar-refractivity contribution in [1.29, 1.82) is 0 Å². The van der Waals surface area contributed by atoms with Crippen molar-refractivity contribution in [3.8, 4) is 0 Å². The lowest BCUT2D eigenvalue weighted by molar-refractivity contribution is 0.206. The molecule has 1 aliphatic rings. The molecular formula is C10H18OS. The fraction of sp³-hybridized carbons (Fsp3) is 0.800. The Morgan fingerprint density at radius 1 is 1.58 bits per heavy atom. The van der Waals surface area contributed by atoms with Gasteiger partial charge >= 0.3 is 0 Å². The number of ether oxygens (including phenoxy) is 1. The molecule has 1 heterocycles. The van der Waals surface area contributed by atoms with Gasteiger partial charge in [0.25, 0.3) is 0 Å². The largest absolute Gasteiger partial charge is 0.500 e. The molecule has 70 valence electrons. The van der Waals surface area contributed by atoms with E-state index in [9.17, 15) is 0 Å². The Balaban J connectivity index is 2.33. The van der Waals surface area contributed by atoms with Crippen LogP contribution in [0.15, 0.2) is 12.3 Å². The molecule has 1 saturated heterocycles. The highest BCUT2D eigenvalue weighted by atomic mass is 32.2. The van der Waals surface area contributed by atoms with E-state index < -0.39 is 0 Å². The van der Waals surface area contributed by atoms with E-state index >= 15 is 0 Å². The zero-order valence-corrected chi connectivity index (χ0v) is 8.82. The zero-order valence-electron chi connectivity index (χ0n) is 8.01. The standard InChI is InChI=1S/C10H18OS/c1-3-7-11-9-10(4-2)6-5-8-12-10/h3,7H,4-6,8-9H2,1-2H3/b7-3+. The van der Waals surface area contributed by atoms with Gasteiger partial charge in [-0.05, 0) is 31.9 Å². The van der Waals surface area contributed by atoms with Gasteiger partial charge in [-0.2, -0.15) is 11.8 Å². The van der Waals surface area contributed by atoms with E-state index in [1.54, 1.807) is 6.26 Å². The third-order valence-electron chi connectivity index (χ3n) is 2.41. The summed E-state index contributed by atoms with van der Waals surface area (Å²) in [6, 6.07) is 0. The van der Waals surface area contributed by atoms with Crippen LogP contribution in [-0.4, -0.2) is 17.1 Å². The molecule has 0 aromatic rings. The summed E-state index contributed by atoms with van der Waals surface area (Å²) in [4.78, 5) is 0. The summed E-state index contributed by atoms with van der Waals surface area (Å²) in [5.74, 6) is 1.31. The van der Waals surface area contributed by atoms with Crippen LogP contribution >= 0.6 is 11.8 Å². The maximum absolute atomic E-state index is 5.46. The number of allylic oxidation sites excluding steroid dienone is 1. The molecule has 0 amide bonds. The minimum absolute atomic E-state index is 0.430. The van der Waals surface area contributed by atoms with Crippen LogP contribution in [0.25, 0.3) is 0 Å². The second-order valence-corrected chi connectivity index (χ2v) is 4.83. The molecule has 0 spiro atoms. The van der Waals surface area contributed by atoms with Crippen LogP contribution in [0.2, 0.25) is 0 Å². The molecule has 0 aliphatic carbocycles. The molecule has 0 bridgehead atoms. The Morgan fingerprint density at radius 2 is 2.42 bits per heavy atom. The molecule has 0 radical (unpaired) electrons. The monoisotopic (exact) mass is 186 g/mol. The third kappa shape index (κ3) is 2.44. The van der Waals surface area contributed by atoms with E-state index in [1.165, 1.54) is 25.0 Å². The van der Waals surface area contributed by atoms with Gasteiger partial charge in [0, 0.05) is 4.75 Å². The van der Waals surface area contributed by atoms with Crippen LogP contribution in [-0.2, 0) is 4.74 Å². The van der Waals surface area contributed by atoms with Crippen molar-refractivity contribution in [1.82, 2.24) is 0 Å². The zero-order chi connectivity index (χ0) is 8.86. The Bertz CT molecular complexity index is 148. The molecule has 1 unspecified atom stereocenters. The van der Waals surface area contributed by atoms with E-state index in [-0.39, 0.29) is 0 Å². The second kappa shape index (κ2) is 4.80. The first-order valence-corrected chi connectivity index (χ1v) is 5.68. The second-order valence-electron chi connectivity index (χ2n) is 3.27. The molecule has 12 heavy (non-hydrogen) atoms. The van der Waals surface area contributed by atoms with E-state index in [4.69, 9.17) is 4.74 Å². The Labute approximate surface area is 79.6 Å². The van der Waals surface area contributed by atoms with Gasteiger partial charge < -0.3 is 4.74 Å². The number of thioether (sulfide) groups is 1. The predicted octanol–water partition coefficient (Wildman–Crippen LogP) is 3.21. The van der Waals surface area contributed by atoms with Gasteiger partial charge in [-0.25, -0.2) is 0 Å². The molecule has 0 aromatic carbocycles. The average molecular weight is 186 g/mol. The predicted molar refractivity (Wildman–Crippen MR) is 55.5 cm³/mol. The third-order valence-corrected chi connectivity index (χ3v) is 4.12. The van der Waals surface area contributed by atoms with Crippen molar-refractivity contribution in [2.75, 3.05) is 12.4 Å². The molecule has 1 nitrogen and oxygen atoms in total. The highest BCUT2D eigenvalue weighted by molar-refractivity contribution is 8.00. The van der Waals surface area contributed by atoms with Crippen molar-refractivity contribution in [3.05, 3.63) is 12.3 Å². The lowest BCUT2D eigenvalue weighted by Gasteiger charge is -2.25. The first-order valence-electron chi connectivity index (χ1n) is 4.70. The molecular weight excluding hydrogens is 168 g/mol. The van der Waals surface area contributed by atoms with Gasteiger partial charge in [0.05, 0.1) is 6.26 Å². The fourth-order valence-electron chi connectivity index (χ4n) is 1.55. The SMILES string of the molecule is C/C=C/OCC1(CC)CCCS1. The van der Waals surface area contributed by atoms with Crippen molar-refractivity contribution >= 4 is 11.8 Å². The Kier molecular flexibility index (Phi) is 3.99. The van der Waals surface area contributed by atoms with Gasteiger partial charge in [-0.3, -0.25) is 0 Å². The van der Waals surface area contributed by atoms with Crippen LogP contribution in [0.1, 0.15) is 33.1 Å². The van der Waals surface area contributed by atoms with Gasteiger partial charge in [-0.15, -0.1) is 0 Å². The van der Waals surface area contributed by atoms with Gasteiger partial charge in [0.15, 0.2) is 0 Å². The van der Waals surface area contributed by atoms with E-state index in [0.29, 0.717) is 4.75 Å². The molecule has 0 aromatic heterocycles. The van der Waals surface area contributed by atoms with E-state index in [1.807, 2.05) is 13.0 Å². The summed E-state index contributed by atoms with van der Waals surface area (Å²) in [7, 11) is 0. The summed E-state index contributed by atoms with van der Waals surface area (Å²) in [5, 5.41) is 0. The highest BCUT2D eigenvalue weighted by Crippen LogP contribution is 2.40. The summed E-state index contributed by atoms with van der Waals surface area (Å²) < 4.78 is 5.89. The van der Waals surface area contributed by atoms with Crippen LogP contribution in [0.4, 0.5) is 0 Å². The lowest BCUT2D eigenvalue weighted by Crippen LogP contribution is -2.25. The molecule has 2 heteroatoms. The van der Waals surface area contributed by atoms with Crippen molar-refractivity contribution in [2.45, 2.75) is 37.9 Å². The summed E-state index contributed by atoms with van der Waals surface area (Å²) in [6.45, 7) is 5.14. The van der Waals surface area contributed by atoms with Crippen LogP contribution in [0, 0.1) is 0 Å². The van der Waals surface area contributed by atoms with Crippen LogP contribution < -0.4 is 0 Å². The lowest BCUT2D eigenvalue weighted by atomic mass is 10.0. The summed E-state index contributed by atoms with van der Waals surface area (Å²) in [6.07, 6.45) is 7.66. The molecule has 0 N–H and O–H groups in total. The average Bonchev–Trinajstić information content (AvgIpc) is 2.55. The fourth-order valence-corrected chi connectivity index (χ4v) is 2.91. The van der Waals surface area contributed by atoms with Crippen molar-refractivity contribution in [2.24, 2.45) is 0 Å². The number of hydrogen-bond donors (Lipinski definition) is 0. The van der Waals surface area contributed by atoms with Gasteiger partial charge in [0.2, 0.25) is 0 Å². The molecule has 0 saturated carbocycles. The first-order chi connectivity index (χ1) is 5.83. The summed E-state index contributed by atoms with van der Waals surface area (Å²) >= 11 is 2.08. The maximum Gasteiger partial charge on any atom is 0.102 e. The summed E-state index contributed by atoms with van der Waals surface area (Å²) in [5.41, 5.74) is 0. The Morgan fingerprint density at radius 3 is 2.92 bits per heavy atom. The maximum atomic E-state index is 5.46. The topological polar surface area (TPSA) is 9.23 Å². The molecule has 1 rings (SSSR count). The first kappa shape index (κ1) is 9.97. The minimum atomic E-state index is 0.430. The molecule has 1 aliphatic heterocycles. The van der Waals surface area contributed by atoms with Crippen LogP contribution in [0.3, 0.4) is 0 Å². The van der Waals surface area contributed by atoms with Crippen LogP contribution in [0.5, 0.6) is 0 Å². The van der Waals surface area contributed by atoms with E-state index in [2.05, 4.69) is 18.7 Å². The smallest absolute Gasteiger partial charge is 0.102 e. The minimum Gasteiger partial charge on any atom is -0.500 e. The quantitative estimate of drug-likeness (QED) is 0.623. The normalized spacial score (nSPS) is 29.8.